The van der Waals surface area contributed by atoms with Gasteiger partial charge in [0, 0.05) is 13.1 Å². The van der Waals surface area contributed by atoms with Gasteiger partial charge in [0.2, 0.25) is 0 Å². The summed E-state index contributed by atoms with van der Waals surface area (Å²) < 4.78 is 0. The van der Waals surface area contributed by atoms with Gasteiger partial charge in [-0.1, -0.05) is 24.3 Å². The highest BCUT2D eigenvalue weighted by molar-refractivity contribution is 14.0. The van der Waals surface area contributed by atoms with Crippen molar-refractivity contribution in [2.24, 2.45) is 4.99 Å². The van der Waals surface area contributed by atoms with E-state index in [4.69, 9.17) is 0 Å². The highest BCUT2D eigenvalue weighted by Crippen LogP contribution is 2.39. The van der Waals surface area contributed by atoms with Crippen molar-refractivity contribution in [1.82, 2.24) is 10.6 Å². The van der Waals surface area contributed by atoms with Crippen LogP contribution in [-0.4, -0.2) is 19.0 Å². The van der Waals surface area contributed by atoms with Crippen molar-refractivity contribution in [3.05, 3.63) is 35.4 Å². The van der Waals surface area contributed by atoms with Crippen molar-refractivity contribution in [3.63, 3.8) is 0 Å². The molecule has 1 aromatic rings. The van der Waals surface area contributed by atoms with Crippen LogP contribution in [0.2, 0.25) is 0 Å². The molecule has 0 aliphatic heterocycles. The molecule has 3 nitrogen and oxygen atoms in total. The summed E-state index contributed by atoms with van der Waals surface area (Å²) in [5, 5.41) is 6.46. The van der Waals surface area contributed by atoms with Crippen LogP contribution in [-0.2, 0) is 6.54 Å². The van der Waals surface area contributed by atoms with Crippen LogP contribution in [0.3, 0.4) is 0 Å². The lowest BCUT2D eigenvalue weighted by Gasteiger charge is -2.09. The molecule has 0 amide bonds. The van der Waals surface area contributed by atoms with Crippen molar-refractivity contribution in [3.8, 4) is 0 Å². The van der Waals surface area contributed by atoms with E-state index in [9.17, 15) is 0 Å². The number of guanidine groups is 1. The van der Waals surface area contributed by atoms with Crippen LogP contribution in [0.25, 0.3) is 0 Å². The second-order valence-corrected chi connectivity index (χ2v) is 4.74. The summed E-state index contributed by atoms with van der Waals surface area (Å²) in [6.07, 6.45) is 2.73. The molecule has 2 rings (SSSR count). The van der Waals surface area contributed by atoms with E-state index in [-0.39, 0.29) is 24.0 Å². The fourth-order valence-electron chi connectivity index (χ4n) is 1.99. The first-order chi connectivity index (χ1) is 8.83. The van der Waals surface area contributed by atoms with E-state index in [2.05, 4.69) is 53.7 Å². The summed E-state index contributed by atoms with van der Waals surface area (Å²) in [4.78, 5) is 4.56. The van der Waals surface area contributed by atoms with E-state index in [1.54, 1.807) is 0 Å². The molecule has 1 saturated carbocycles. The highest BCUT2D eigenvalue weighted by atomic mass is 127. The third-order valence-corrected chi connectivity index (χ3v) is 3.14. The Labute approximate surface area is 133 Å². The largest absolute Gasteiger partial charge is 0.357 e. The van der Waals surface area contributed by atoms with E-state index in [1.807, 2.05) is 0 Å². The lowest BCUT2D eigenvalue weighted by atomic mass is 10.1. The molecule has 0 aromatic heterocycles. The predicted octanol–water partition coefficient (Wildman–Crippen LogP) is 3.26. The Kier molecular flexibility index (Phi) is 7.20. The van der Waals surface area contributed by atoms with Gasteiger partial charge in [0.25, 0.3) is 0 Å². The molecule has 1 aliphatic rings. The Morgan fingerprint density at radius 1 is 1.11 bits per heavy atom. The van der Waals surface area contributed by atoms with Gasteiger partial charge in [-0.15, -0.1) is 24.0 Å². The van der Waals surface area contributed by atoms with Crippen LogP contribution in [0.5, 0.6) is 0 Å². The van der Waals surface area contributed by atoms with Gasteiger partial charge in [-0.2, -0.15) is 0 Å². The summed E-state index contributed by atoms with van der Waals surface area (Å²) in [6, 6.07) is 8.91. The molecule has 0 bridgehead atoms. The molecule has 0 spiro atoms. The van der Waals surface area contributed by atoms with Crippen molar-refractivity contribution >= 4 is 29.9 Å². The molecular weight excluding hydrogens is 349 g/mol. The van der Waals surface area contributed by atoms with Gasteiger partial charge in [-0.3, -0.25) is 0 Å². The van der Waals surface area contributed by atoms with Crippen LogP contribution < -0.4 is 10.6 Å². The number of hydrogen-bond acceptors (Lipinski definition) is 1. The number of aliphatic imine (C=N–C) groups is 1. The molecule has 0 heterocycles. The first kappa shape index (κ1) is 16.3. The summed E-state index contributed by atoms with van der Waals surface area (Å²) in [5.41, 5.74) is 2.76. The third kappa shape index (κ3) is 5.38. The van der Waals surface area contributed by atoms with Crippen molar-refractivity contribution in [2.45, 2.75) is 39.2 Å². The standard InChI is InChI=1S/C15H23N3.HI/c1-3-16-15(17-4-2)18-11-12-5-7-13(8-6-12)14-9-10-14;/h5-8,14H,3-4,9-11H2,1-2H3,(H2,16,17,18);1H. The normalized spacial score (nSPS) is 13.4. The van der Waals surface area contributed by atoms with Crippen LogP contribution in [0.1, 0.15) is 43.7 Å². The average molecular weight is 373 g/mol. The van der Waals surface area contributed by atoms with Gasteiger partial charge >= 0.3 is 0 Å². The molecule has 19 heavy (non-hydrogen) atoms. The Balaban J connectivity index is 0.00000180. The van der Waals surface area contributed by atoms with Crippen LogP contribution in [0.15, 0.2) is 29.3 Å². The number of nitrogens with zero attached hydrogens (tertiary/aromatic N) is 1. The summed E-state index contributed by atoms with van der Waals surface area (Å²) in [6.45, 7) is 6.69. The SMILES string of the molecule is CCNC(=NCc1ccc(C2CC2)cc1)NCC.I. The fourth-order valence-corrected chi connectivity index (χ4v) is 1.99. The molecule has 0 unspecified atom stereocenters. The van der Waals surface area contributed by atoms with Gasteiger partial charge in [-0.05, 0) is 43.7 Å². The van der Waals surface area contributed by atoms with Gasteiger partial charge < -0.3 is 10.6 Å². The topological polar surface area (TPSA) is 36.4 Å². The lowest BCUT2D eigenvalue weighted by molar-refractivity contribution is 0.839. The highest BCUT2D eigenvalue weighted by Gasteiger charge is 2.22. The molecule has 1 fully saturated rings. The first-order valence-corrected chi connectivity index (χ1v) is 6.94. The maximum atomic E-state index is 4.56. The van der Waals surface area contributed by atoms with Crippen LogP contribution in [0.4, 0.5) is 0 Å². The Hall–Kier alpha value is -0.780. The van der Waals surface area contributed by atoms with E-state index < -0.39 is 0 Å². The molecule has 4 heteroatoms. The second kappa shape index (κ2) is 8.40. The van der Waals surface area contributed by atoms with Gasteiger partial charge in [0.15, 0.2) is 5.96 Å². The van der Waals surface area contributed by atoms with Crippen molar-refractivity contribution < 1.29 is 0 Å². The zero-order chi connectivity index (χ0) is 12.8. The van der Waals surface area contributed by atoms with Crippen molar-refractivity contribution in [2.75, 3.05) is 13.1 Å². The van der Waals surface area contributed by atoms with Gasteiger partial charge in [-0.25, -0.2) is 4.99 Å². The summed E-state index contributed by atoms with van der Waals surface area (Å²) in [5.74, 6) is 1.73. The van der Waals surface area contributed by atoms with Crippen LogP contribution in [0, 0.1) is 0 Å². The zero-order valence-electron chi connectivity index (χ0n) is 11.8. The molecule has 106 valence electrons. The van der Waals surface area contributed by atoms with E-state index in [1.165, 1.54) is 24.0 Å². The number of hydrogen-bond donors (Lipinski definition) is 2. The van der Waals surface area contributed by atoms with Gasteiger partial charge in [0.1, 0.15) is 0 Å². The Morgan fingerprint density at radius 3 is 2.16 bits per heavy atom. The van der Waals surface area contributed by atoms with E-state index in [0.717, 1.165) is 31.5 Å². The number of nitrogens with one attached hydrogen (secondary N) is 2. The maximum absolute atomic E-state index is 4.56. The minimum Gasteiger partial charge on any atom is -0.357 e. The minimum absolute atomic E-state index is 0. The lowest BCUT2D eigenvalue weighted by Crippen LogP contribution is -2.36. The number of halogens is 1. The van der Waals surface area contributed by atoms with Gasteiger partial charge in [0.05, 0.1) is 6.54 Å². The maximum Gasteiger partial charge on any atom is 0.191 e. The molecule has 0 saturated heterocycles. The monoisotopic (exact) mass is 373 g/mol. The minimum atomic E-state index is 0. The summed E-state index contributed by atoms with van der Waals surface area (Å²) in [7, 11) is 0. The van der Waals surface area contributed by atoms with Crippen LogP contribution >= 0.6 is 24.0 Å². The molecule has 0 radical (unpaired) electrons. The quantitative estimate of drug-likeness (QED) is 0.472. The Morgan fingerprint density at radius 2 is 1.68 bits per heavy atom. The predicted molar refractivity (Wildman–Crippen MR) is 92.3 cm³/mol. The molecule has 0 atom stereocenters. The second-order valence-electron chi connectivity index (χ2n) is 4.74. The average Bonchev–Trinajstić information content (AvgIpc) is 3.21. The Bertz CT molecular complexity index is 388. The van der Waals surface area contributed by atoms with Crippen molar-refractivity contribution in [1.29, 1.82) is 0 Å². The summed E-state index contributed by atoms with van der Waals surface area (Å²) >= 11 is 0. The molecule has 1 aromatic carbocycles. The van der Waals surface area contributed by atoms with E-state index in [0.29, 0.717) is 0 Å². The third-order valence-electron chi connectivity index (χ3n) is 3.14. The smallest absolute Gasteiger partial charge is 0.191 e. The molecular formula is C15H24IN3. The first-order valence-electron chi connectivity index (χ1n) is 6.94. The molecule has 1 aliphatic carbocycles. The fraction of sp³-hybridized carbons (Fsp3) is 0.533. The molecule has 2 N–H and O–H groups in total. The van der Waals surface area contributed by atoms with E-state index >= 15 is 0 Å². The number of rotatable bonds is 5. The number of benzene rings is 1. The zero-order valence-corrected chi connectivity index (χ0v) is 14.1.